The van der Waals surface area contributed by atoms with Gasteiger partial charge in [0.15, 0.2) is 4.64 Å². The molecule has 0 atom stereocenters. The Balaban J connectivity index is 2.82. The average Bonchev–Trinajstić information content (AvgIpc) is 2.25. The second-order valence-electron chi connectivity index (χ2n) is 3.78. The molecule has 0 unspecified atom stereocenters. The molecule has 4 heteroatoms. The lowest BCUT2D eigenvalue weighted by Gasteiger charge is -2.06. The molecule has 0 radical (unpaired) electrons. The number of hydrogen-bond donors (Lipinski definition) is 1. The summed E-state index contributed by atoms with van der Waals surface area (Å²) in [5.74, 6) is 0. The zero-order chi connectivity index (χ0) is 11.1. The van der Waals surface area contributed by atoms with Crippen molar-refractivity contribution < 1.29 is 0 Å². The molecule has 1 rings (SSSR count). The number of aromatic nitrogens is 3. The van der Waals surface area contributed by atoms with Crippen molar-refractivity contribution in [1.29, 1.82) is 0 Å². The number of nitrogens with one attached hydrogen (secondary N) is 1. The lowest BCUT2D eigenvalue weighted by Crippen LogP contribution is -2.04. The van der Waals surface area contributed by atoms with E-state index in [0.29, 0.717) is 4.64 Å². The second-order valence-corrected chi connectivity index (χ2v) is 4.17. The van der Waals surface area contributed by atoms with E-state index in [-0.39, 0.29) is 0 Å². The van der Waals surface area contributed by atoms with Gasteiger partial charge in [-0.05, 0) is 25.7 Å². The van der Waals surface area contributed by atoms with Gasteiger partial charge in [-0.1, -0.05) is 44.1 Å². The van der Waals surface area contributed by atoms with Gasteiger partial charge in [-0.3, -0.25) is 5.10 Å². The van der Waals surface area contributed by atoms with Gasteiger partial charge in [-0.15, -0.1) is 5.10 Å². The predicted molar refractivity (Wildman–Crippen MR) is 64.4 cm³/mol. The van der Waals surface area contributed by atoms with Crippen LogP contribution >= 0.6 is 12.2 Å². The van der Waals surface area contributed by atoms with Crippen LogP contribution in [-0.2, 0) is 12.8 Å². The van der Waals surface area contributed by atoms with E-state index in [9.17, 15) is 0 Å². The summed E-state index contributed by atoms with van der Waals surface area (Å²) in [6.07, 6.45) is 6.79. The third kappa shape index (κ3) is 3.70. The highest BCUT2D eigenvalue weighted by atomic mass is 32.1. The Bertz CT molecular complexity index is 346. The number of aryl methyl sites for hydroxylation is 1. The van der Waals surface area contributed by atoms with Gasteiger partial charge >= 0.3 is 0 Å². The highest BCUT2D eigenvalue weighted by Gasteiger charge is 2.05. The topological polar surface area (TPSA) is 41.6 Å². The Morgan fingerprint density at radius 1 is 1.13 bits per heavy atom. The predicted octanol–water partition coefficient (Wildman–Crippen LogP) is 3.22. The minimum absolute atomic E-state index is 0.674. The summed E-state index contributed by atoms with van der Waals surface area (Å²) in [5.41, 5.74) is 2.39. The first-order valence-electron chi connectivity index (χ1n) is 5.72. The fourth-order valence-electron chi connectivity index (χ4n) is 1.56. The first kappa shape index (κ1) is 12.3. The molecule has 0 amide bonds. The van der Waals surface area contributed by atoms with E-state index in [1.165, 1.54) is 36.9 Å². The summed E-state index contributed by atoms with van der Waals surface area (Å²) in [5, 5.41) is 10.7. The number of H-pyrrole nitrogens is 1. The van der Waals surface area contributed by atoms with Gasteiger partial charge in [0.2, 0.25) is 0 Å². The average molecular weight is 225 g/mol. The lowest BCUT2D eigenvalue weighted by molar-refractivity contribution is 0.693. The molecule has 0 saturated carbocycles. The number of aromatic amines is 1. The van der Waals surface area contributed by atoms with Gasteiger partial charge in [0.05, 0.1) is 0 Å². The SMILES string of the molecule is CCCCc1[nH]nnc(=S)c1CCCC. The van der Waals surface area contributed by atoms with E-state index in [4.69, 9.17) is 12.2 Å². The lowest BCUT2D eigenvalue weighted by atomic mass is 10.1. The molecule has 0 aliphatic carbocycles. The summed E-state index contributed by atoms with van der Waals surface area (Å²) in [7, 11) is 0. The maximum Gasteiger partial charge on any atom is 0.155 e. The van der Waals surface area contributed by atoms with Gasteiger partial charge in [0.25, 0.3) is 0 Å². The van der Waals surface area contributed by atoms with Crippen LogP contribution in [0.3, 0.4) is 0 Å². The highest BCUT2D eigenvalue weighted by molar-refractivity contribution is 7.71. The van der Waals surface area contributed by atoms with E-state index >= 15 is 0 Å². The van der Waals surface area contributed by atoms with E-state index < -0.39 is 0 Å². The van der Waals surface area contributed by atoms with Crippen LogP contribution < -0.4 is 0 Å². The molecule has 0 saturated heterocycles. The summed E-state index contributed by atoms with van der Waals surface area (Å²) in [6.45, 7) is 4.38. The number of unbranched alkanes of at least 4 members (excludes halogenated alkanes) is 2. The molecule has 0 bridgehead atoms. The minimum atomic E-state index is 0.674. The quantitative estimate of drug-likeness (QED) is 0.756. The summed E-state index contributed by atoms with van der Waals surface area (Å²) >= 11 is 5.21. The molecule has 3 nitrogen and oxygen atoms in total. The van der Waals surface area contributed by atoms with Gasteiger partial charge in [0, 0.05) is 11.3 Å². The number of hydrogen-bond acceptors (Lipinski definition) is 3. The molecule has 1 aromatic rings. The Hall–Kier alpha value is -0.770. The van der Waals surface area contributed by atoms with E-state index in [1.54, 1.807) is 0 Å². The third-order valence-corrected chi connectivity index (χ3v) is 2.84. The van der Waals surface area contributed by atoms with Gasteiger partial charge < -0.3 is 0 Å². The first-order valence-corrected chi connectivity index (χ1v) is 6.13. The van der Waals surface area contributed by atoms with Crippen molar-refractivity contribution in [1.82, 2.24) is 15.4 Å². The van der Waals surface area contributed by atoms with Crippen LogP contribution in [0.15, 0.2) is 0 Å². The maximum absolute atomic E-state index is 5.21. The van der Waals surface area contributed by atoms with Gasteiger partial charge in [0.1, 0.15) is 0 Å². The highest BCUT2D eigenvalue weighted by Crippen LogP contribution is 2.12. The van der Waals surface area contributed by atoms with Crippen LogP contribution in [0, 0.1) is 4.64 Å². The van der Waals surface area contributed by atoms with Crippen molar-refractivity contribution in [3.8, 4) is 0 Å². The van der Waals surface area contributed by atoms with E-state index in [1.807, 2.05) is 0 Å². The maximum atomic E-state index is 5.21. The van der Waals surface area contributed by atoms with E-state index in [2.05, 4.69) is 29.3 Å². The largest absolute Gasteiger partial charge is 0.264 e. The monoisotopic (exact) mass is 225 g/mol. The molecule has 15 heavy (non-hydrogen) atoms. The summed E-state index contributed by atoms with van der Waals surface area (Å²) in [4.78, 5) is 0. The van der Waals surface area contributed by atoms with Gasteiger partial charge in [-0.2, -0.15) is 0 Å². The molecule has 1 aromatic heterocycles. The summed E-state index contributed by atoms with van der Waals surface area (Å²) in [6, 6.07) is 0. The Morgan fingerprint density at radius 3 is 2.47 bits per heavy atom. The van der Waals surface area contributed by atoms with Crippen molar-refractivity contribution in [3.63, 3.8) is 0 Å². The smallest absolute Gasteiger partial charge is 0.155 e. The normalized spacial score (nSPS) is 10.5. The van der Waals surface area contributed by atoms with Crippen LogP contribution in [0.4, 0.5) is 0 Å². The van der Waals surface area contributed by atoms with Crippen molar-refractivity contribution in [2.24, 2.45) is 0 Å². The van der Waals surface area contributed by atoms with Gasteiger partial charge in [-0.25, -0.2) is 0 Å². The van der Waals surface area contributed by atoms with Crippen LogP contribution in [0.25, 0.3) is 0 Å². The van der Waals surface area contributed by atoms with Crippen LogP contribution in [0.5, 0.6) is 0 Å². The molecule has 0 aliphatic heterocycles. The molecular formula is C11H19N3S. The third-order valence-electron chi connectivity index (χ3n) is 2.51. The molecule has 0 spiro atoms. The zero-order valence-corrected chi connectivity index (χ0v) is 10.4. The minimum Gasteiger partial charge on any atom is -0.264 e. The molecule has 1 heterocycles. The zero-order valence-electron chi connectivity index (χ0n) is 9.55. The molecule has 0 aromatic carbocycles. The van der Waals surface area contributed by atoms with Crippen molar-refractivity contribution >= 4 is 12.2 Å². The number of nitrogens with zero attached hydrogens (tertiary/aromatic N) is 2. The molecular weight excluding hydrogens is 206 g/mol. The Kier molecular flexibility index (Phi) is 5.47. The van der Waals surface area contributed by atoms with Crippen molar-refractivity contribution in [3.05, 3.63) is 15.9 Å². The number of rotatable bonds is 6. The molecule has 0 aliphatic rings. The van der Waals surface area contributed by atoms with Crippen molar-refractivity contribution in [2.75, 3.05) is 0 Å². The van der Waals surface area contributed by atoms with Crippen molar-refractivity contribution in [2.45, 2.75) is 52.4 Å². The standard InChI is InChI=1S/C11H19N3S/c1-3-5-7-9-10(8-6-4-2)12-14-13-11(9)15/h3-8H2,1-2H3,(H,12,13,15). The fraction of sp³-hybridized carbons (Fsp3) is 0.727. The van der Waals surface area contributed by atoms with Crippen LogP contribution in [0.1, 0.15) is 50.8 Å². The first-order chi connectivity index (χ1) is 7.29. The molecule has 84 valence electrons. The van der Waals surface area contributed by atoms with E-state index in [0.717, 1.165) is 12.8 Å². The summed E-state index contributed by atoms with van der Waals surface area (Å²) < 4.78 is 0.674. The molecule has 0 fully saturated rings. The molecule has 1 N–H and O–H groups in total. The Morgan fingerprint density at radius 2 is 1.80 bits per heavy atom. The van der Waals surface area contributed by atoms with Crippen LogP contribution in [-0.4, -0.2) is 15.4 Å². The fourth-order valence-corrected chi connectivity index (χ4v) is 1.83. The Labute approximate surface area is 96.3 Å². The second kappa shape index (κ2) is 6.67. The van der Waals surface area contributed by atoms with Crippen LogP contribution in [0.2, 0.25) is 0 Å².